The zero-order chi connectivity index (χ0) is 17.0. The fourth-order valence-corrected chi connectivity index (χ4v) is 3.40. The Morgan fingerprint density at radius 1 is 0.960 bits per heavy atom. The van der Waals surface area contributed by atoms with E-state index in [1.165, 1.54) is 0 Å². The summed E-state index contributed by atoms with van der Waals surface area (Å²) in [6, 6.07) is 17.1. The third-order valence-corrected chi connectivity index (χ3v) is 4.55. The Labute approximate surface area is 142 Å². The first-order valence-corrected chi connectivity index (χ1v) is 7.93. The number of rotatable bonds is 2. The van der Waals surface area contributed by atoms with Crippen LogP contribution in [0.4, 0.5) is 0 Å². The molecular weight excluding hydrogens is 314 g/mol. The van der Waals surface area contributed by atoms with Gasteiger partial charge in [-0.25, -0.2) is 4.99 Å². The van der Waals surface area contributed by atoms with E-state index in [0.29, 0.717) is 22.2 Å². The van der Waals surface area contributed by atoms with Crippen molar-refractivity contribution in [2.75, 3.05) is 0 Å². The van der Waals surface area contributed by atoms with Crippen molar-refractivity contribution < 1.29 is 9.90 Å². The topological polar surface area (TPSA) is 81.2 Å². The predicted octanol–water partition coefficient (Wildman–Crippen LogP) is 2.23. The molecule has 5 nitrogen and oxygen atoms in total. The molecule has 0 unspecified atom stereocenters. The highest BCUT2D eigenvalue weighted by atomic mass is 16.3. The Morgan fingerprint density at radius 3 is 2.68 bits per heavy atom. The van der Waals surface area contributed by atoms with Gasteiger partial charge in [0.25, 0.3) is 5.91 Å². The summed E-state index contributed by atoms with van der Waals surface area (Å²) in [7, 11) is 0. The first kappa shape index (κ1) is 13.8. The molecule has 3 heterocycles. The largest absolute Gasteiger partial charge is 0.494 e. The summed E-state index contributed by atoms with van der Waals surface area (Å²) >= 11 is 0. The Balaban J connectivity index is 1.74. The summed E-state index contributed by atoms with van der Waals surface area (Å²) in [6.45, 7) is 0. The molecule has 1 aliphatic rings. The molecule has 1 aliphatic heterocycles. The van der Waals surface area contributed by atoms with E-state index >= 15 is 0 Å². The second-order valence-electron chi connectivity index (χ2n) is 6.00. The van der Waals surface area contributed by atoms with Gasteiger partial charge in [0.05, 0.1) is 16.6 Å². The lowest BCUT2D eigenvalue weighted by molar-refractivity contribution is -0.112. The van der Waals surface area contributed by atoms with E-state index in [1.807, 2.05) is 54.7 Å². The fourth-order valence-electron chi connectivity index (χ4n) is 3.40. The number of hydrogen-bond donors (Lipinski definition) is 3. The molecule has 5 rings (SSSR count). The van der Waals surface area contributed by atoms with E-state index in [1.54, 1.807) is 6.07 Å². The van der Waals surface area contributed by atoms with Gasteiger partial charge in [-0.2, -0.15) is 0 Å². The van der Waals surface area contributed by atoms with Gasteiger partial charge in [-0.1, -0.05) is 36.4 Å². The number of H-pyrrole nitrogens is 2. The van der Waals surface area contributed by atoms with Crippen LogP contribution in [0, 0.1) is 0 Å². The zero-order valence-electron chi connectivity index (χ0n) is 13.1. The third-order valence-electron chi connectivity index (χ3n) is 4.55. The van der Waals surface area contributed by atoms with E-state index in [4.69, 9.17) is 0 Å². The molecule has 0 atom stereocenters. The molecular formula is C20H13N3O2. The maximum Gasteiger partial charge on any atom is 0.280 e. The summed E-state index contributed by atoms with van der Waals surface area (Å²) in [4.78, 5) is 22.6. The summed E-state index contributed by atoms with van der Waals surface area (Å²) in [5.74, 6) is -0.266. The van der Waals surface area contributed by atoms with Gasteiger partial charge in [0.1, 0.15) is 0 Å². The average Bonchev–Trinajstić information content (AvgIpc) is 3.28. The molecule has 5 heteroatoms. The Bertz CT molecular complexity index is 1280. The van der Waals surface area contributed by atoms with Gasteiger partial charge in [-0.15, -0.1) is 0 Å². The first-order chi connectivity index (χ1) is 12.2. The summed E-state index contributed by atoms with van der Waals surface area (Å²) < 4.78 is 0. The number of hydrogen-bond acceptors (Lipinski definition) is 2. The lowest BCUT2D eigenvalue weighted by Gasteiger charge is -1.96. The van der Waals surface area contributed by atoms with E-state index in [0.717, 1.165) is 21.7 Å². The molecule has 4 aromatic rings. The first-order valence-electron chi connectivity index (χ1n) is 7.93. The van der Waals surface area contributed by atoms with Crippen molar-refractivity contribution in [3.05, 3.63) is 77.1 Å². The van der Waals surface area contributed by atoms with E-state index in [-0.39, 0.29) is 11.8 Å². The van der Waals surface area contributed by atoms with Gasteiger partial charge in [0.15, 0.2) is 5.88 Å². The SMILES string of the molecule is O=C1N=c2ccccc2=C1c1cc(-c2c[nH]c3ccccc23)c(O)[nH]1. The molecule has 0 saturated carbocycles. The van der Waals surface area contributed by atoms with Crippen molar-refractivity contribution in [2.45, 2.75) is 0 Å². The number of fused-ring (bicyclic) bond motifs is 2. The van der Waals surface area contributed by atoms with Gasteiger partial charge in [0.2, 0.25) is 0 Å². The molecule has 0 aliphatic carbocycles. The maximum atomic E-state index is 12.3. The number of aromatic hydroxyl groups is 1. The highest BCUT2D eigenvalue weighted by Crippen LogP contribution is 2.36. The number of nitrogens with one attached hydrogen (secondary N) is 2. The third kappa shape index (κ3) is 1.96. The van der Waals surface area contributed by atoms with E-state index < -0.39 is 0 Å². The monoisotopic (exact) mass is 327 g/mol. The fraction of sp³-hybridized carbons (Fsp3) is 0. The highest BCUT2D eigenvalue weighted by molar-refractivity contribution is 6.20. The minimum absolute atomic E-state index is 0.0319. The van der Waals surface area contributed by atoms with E-state index in [9.17, 15) is 9.90 Å². The minimum Gasteiger partial charge on any atom is -0.494 e. The van der Waals surface area contributed by atoms with Crippen molar-refractivity contribution >= 4 is 22.4 Å². The lowest BCUT2D eigenvalue weighted by atomic mass is 10.1. The number of aromatic nitrogens is 2. The number of aromatic amines is 2. The van der Waals surface area contributed by atoms with Crippen molar-refractivity contribution in [3.8, 4) is 17.0 Å². The molecule has 0 spiro atoms. The predicted molar refractivity (Wildman–Crippen MR) is 94.5 cm³/mol. The smallest absolute Gasteiger partial charge is 0.280 e. The van der Waals surface area contributed by atoms with Crippen LogP contribution < -0.4 is 10.6 Å². The van der Waals surface area contributed by atoms with E-state index in [2.05, 4.69) is 15.0 Å². The normalized spacial score (nSPS) is 13.3. The number of carbonyl (C=O) groups excluding carboxylic acids is 1. The standard InChI is InChI=1S/C20H13N3O2/c24-19-13(14-10-21-15-7-3-1-5-11(14)15)9-17(23-19)18-12-6-2-4-8-16(12)22-20(18)25/h1-10,21,23-24H. The highest BCUT2D eigenvalue weighted by Gasteiger charge is 2.22. The number of para-hydroxylation sites is 2. The number of benzene rings is 2. The second kappa shape index (κ2) is 4.95. The molecule has 1 amide bonds. The van der Waals surface area contributed by atoms with Crippen LogP contribution in [0.25, 0.3) is 27.6 Å². The molecule has 0 fully saturated rings. The quantitative estimate of drug-likeness (QED) is 0.528. The van der Waals surface area contributed by atoms with Crippen LogP contribution in [0.2, 0.25) is 0 Å². The average molecular weight is 327 g/mol. The van der Waals surface area contributed by atoms with Crippen LogP contribution in [-0.2, 0) is 4.79 Å². The van der Waals surface area contributed by atoms with Crippen molar-refractivity contribution in [2.24, 2.45) is 4.99 Å². The number of nitrogens with zero attached hydrogens (tertiary/aromatic N) is 1. The van der Waals surface area contributed by atoms with Crippen LogP contribution in [0.3, 0.4) is 0 Å². The molecule has 2 aromatic carbocycles. The van der Waals surface area contributed by atoms with Gasteiger partial charge in [-0.3, -0.25) is 4.79 Å². The zero-order valence-corrected chi connectivity index (χ0v) is 13.1. The van der Waals surface area contributed by atoms with Crippen LogP contribution >= 0.6 is 0 Å². The molecule has 0 saturated heterocycles. The van der Waals surface area contributed by atoms with Gasteiger partial charge in [-0.05, 0) is 18.2 Å². The van der Waals surface area contributed by atoms with Crippen molar-refractivity contribution in [1.82, 2.24) is 9.97 Å². The molecule has 2 aromatic heterocycles. The Morgan fingerprint density at radius 2 is 1.76 bits per heavy atom. The number of carbonyl (C=O) groups is 1. The number of amides is 1. The van der Waals surface area contributed by atoms with Gasteiger partial charge in [0, 0.05) is 33.4 Å². The molecule has 120 valence electrons. The van der Waals surface area contributed by atoms with Crippen molar-refractivity contribution in [3.63, 3.8) is 0 Å². The van der Waals surface area contributed by atoms with Crippen LogP contribution in [-0.4, -0.2) is 21.0 Å². The Kier molecular flexibility index (Phi) is 2.73. The van der Waals surface area contributed by atoms with Crippen molar-refractivity contribution in [1.29, 1.82) is 0 Å². The Hall–Kier alpha value is -3.60. The van der Waals surface area contributed by atoms with Crippen LogP contribution in [0.15, 0.2) is 65.8 Å². The van der Waals surface area contributed by atoms with Gasteiger partial charge < -0.3 is 15.1 Å². The molecule has 0 bridgehead atoms. The summed E-state index contributed by atoms with van der Waals surface area (Å²) in [6.07, 6.45) is 1.86. The van der Waals surface area contributed by atoms with Crippen LogP contribution in [0.5, 0.6) is 5.88 Å². The molecule has 3 N–H and O–H groups in total. The summed E-state index contributed by atoms with van der Waals surface area (Å²) in [5.41, 5.74) is 3.57. The lowest BCUT2D eigenvalue weighted by Crippen LogP contribution is -2.22. The molecule has 25 heavy (non-hydrogen) atoms. The maximum absolute atomic E-state index is 12.3. The van der Waals surface area contributed by atoms with Gasteiger partial charge >= 0.3 is 0 Å². The second-order valence-corrected chi connectivity index (χ2v) is 6.00. The minimum atomic E-state index is -0.298. The molecule has 0 radical (unpaired) electrons. The van der Waals surface area contributed by atoms with Crippen LogP contribution in [0.1, 0.15) is 5.69 Å². The summed E-state index contributed by atoms with van der Waals surface area (Å²) in [5, 5.41) is 12.9.